The first-order valence-corrected chi connectivity index (χ1v) is 13.8. The molecule has 0 radical (unpaired) electrons. The molecule has 7 nitrogen and oxygen atoms in total. The summed E-state index contributed by atoms with van der Waals surface area (Å²) in [5, 5.41) is 12.2. The van der Waals surface area contributed by atoms with E-state index >= 15 is 0 Å². The van der Waals surface area contributed by atoms with Crippen LogP contribution in [0.25, 0.3) is 0 Å². The lowest BCUT2D eigenvalue weighted by atomic mass is 10.0. The van der Waals surface area contributed by atoms with Crippen molar-refractivity contribution in [2.45, 2.75) is 50.8 Å². The molecule has 180 valence electrons. The number of sulfonamides is 1. The van der Waals surface area contributed by atoms with E-state index in [-0.39, 0.29) is 16.8 Å². The number of hydrogen-bond donors (Lipinski definition) is 1. The monoisotopic (exact) mass is 498 g/mol. The van der Waals surface area contributed by atoms with Gasteiger partial charge in [0.05, 0.1) is 4.90 Å². The second-order valence-electron chi connectivity index (χ2n) is 9.16. The SMILES string of the molecule is Cc1ccccc1NC(=O)c1nnc([C@@H]2CCCN(S(=O)(=O)c3ccc(CC(C)C)cc3)C2)s1. The average Bonchev–Trinajstić information content (AvgIpc) is 3.31. The van der Waals surface area contributed by atoms with E-state index in [1.54, 1.807) is 12.1 Å². The van der Waals surface area contributed by atoms with Crippen LogP contribution in [0.5, 0.6) is 0 Å². The fourth-order valence-electron chi connectivity index (χ4n) is 4.16. The molecule has 34 heavy (non-hydrogen) atoms. The van der Waals surface area contributed by atoms with Gasteiger partial charge in [0.2, 0.25) is 15.0 Å². The maximum Gasteiger partial charge on any atom is 0.286 e. The van der Waals surface area contributed by atoms with Crippen molar-refractivity contribution in [3.8, 4) is 0 Å². The third-order valence-corrected chi connectivity index (χ3v) is 8.93. The normalized spacial score (nSPS) is 17.1. The Labute approximate surface area is 205 Å². The Bertz CT molecular complexity index is 1250. The van der Waals surface area contributed by atoms with Gasteiger partial charge in [0, 0.05) is 24.7 Å². The van der Waals surface area contributed by atoms with Crippen molar-refractivity contribution in [3.63, 3.8) is 0 Å². The van der Waals surface area contributed by atoms with E-state index in [9.17, 15) is 13.2 Å². The molecule has 2 heterocycles. The zero-order chi connectivity index (χ0) is 24.3. The summed E-state index contributed by atoms with van der Waals surface area (Å²) in [5.74, 6) is 0.127. The molecule has 4 rings (SSSR count). The Hall–Kier alpha value is -2.62. The minimum absolute atomic E-state index is 0.0822. The van der Waals surface area contributed by atoms with Gasteiger partial charge in [-0.3, -0.25) is 4.79 Å². The van der Waals surface area contributed by atoms with Crippen molar-refractivity contribution in [2.75, 3.05) is 18.4 Å². The highest BCUT2D eigenvalue weighted by atomic mass is 32.2. The molecule has 1 N–H and O–H groups in total. The number of aryl methyl sites for hydroxylation is 1. The fraction of sp³-hybridized carbons (Fsp3) is 0.400. The molecule has 2 aromatic carbocycles. The van der Waals surface area contributed by atoms with Gasteiger partial charge in [0.15, 0.2) is 0 Å². The first-order chi connectivity index (χ1) is 16.2. The van der Waals surface area contributed by atoms with Crippen molar-refractivity contribution in [1.82, 2.24) is 14.5 Å². The number of rotatable bonds is 7. The number of benzene rings is 2. The summed E-state index contributed by atoms with van der Waals surface area (Å²) in [6, 6.07) is 14.8. The summed E-state index contributed by atoms with van der Waals surface area (Å²) < 4.78 is 28.1. The highest BCUT2D eigenvalue weighted by Gasteiger charge is 2.33. The summed E-state index contributed by atoms with van der Waals surface area (Å²) in [6.45, 7) is 7.03. The van der Waals surface area contributed by atoms with Crippen LogP contribution in [0.4, 0.5) is 5.69 Å². The molecular weight excluding hydrogens is 468 g/mol. The molecule has 0 unspecified atom stereocenters. The first-order valence-electron chi connectivity index (χ1n) is 11.5. The standard InChI is InChI=1S/C25H30N4O3S2/c1-17(2)15-19-10-12-21(13-11-19)34(31,32)29-14-6-8-20(16-29)24-27-28-25(33-24)23(30)26-22-9-5-4-7-18(22)3/h4-5,7,9-13,17,20H,6,8,14-16H2,1-3H3,(H,26,30)/t20-/m1/s1. The molecule has 9 heteroatoms. The Balaban J connectivity index is 1.45. The lowest BCUT2D eigenvalue weighted by molar-refractivity contribution is 0.102. The summed E-state index contributed by atoms with van der Waals surface area (Å²) in [5.41, 5.74) is 2.83. The number of anilines is 1. The molecule has 1 fully saturated rings. The first kappa shape index (κ1) is 24.5. The van der Waals surface area contributed by atoms with Crippen LogP contribution in [0.15, 0.2) is 53.4 Å². The van der Waals surface area contributed by atoms with Crippen molar-refractivity contribution in [2.24, 2.45) is 5.92 Å². The number of amides is 1. The Morgan fingerprint density at radius 1 is 1.15 bits per heavy atom. The summed E-state index contributed by atoms with van der Waals surface area (Å²) in [4.78, 5) is 13.0. The van der Waals surface area contributed by atoms with Gasteiger partial charge in [0.25, 0.3) is 5.91 Å². The van der Waals surface area contributed by atoms with Gasteiger partial charge in [-0.1, -0.05) is 55.5 Å². The van der Waals surface area contributed by atoms with Gasteiger partial charge in [-0.25, -0.2) is 8.42 Å². The maximum absolute atomic E-state index is 13.3. The third-order valence-electron chi connectivity index (χ3n) is 5.97. The minimum Gasteiger partial charge on any atom is -0.320 e. The van der Waals surface area contributed by atoms with Crippen LogP contribution in [-0.2, 0) is 16.4 Å². The zero-order valence-electron chi connectivity index (χ0n) is 19.7. The van der Waals surface area contributed by atoms with Crippen molar-refractivity contribution in [1.29, 1.82) is 0 Å². The molecule has 0 bridgehead atoms. The number of nitrogens with one attached hydrogen (secondary N) is 1. The van der Waals surface area contributed by atoms with Gasteiger partial charge in [-0.2, -0.15) is 4.31 Å². The summed E-state index contributed by atoms with van der Waals surface area (Å²) >= 11 is 1.23. The van der Waals surface area contributed by atoms with E-state index in [1.165, 1.54) is 15.6 Å². The second kappa shape index (κ2) is 10.3. The molecule has 0 spiro atoms. The number of carbonyl (C=O) groups excluding carboxylic acids is 1. The van der Waals surface area contributed by atoms with Crippen LogP contribution in [-0.4, -0.2) is 41.9 Å². The largest absolute Gasteiger partial charge is 0.320 e. The Kier molecular flexibility index (Phi) is 7.45. The molecule has 1 aromatic heterocycles. The van der Waals surface area contributed by atoms with E-state index in [0.29, 0.717) is 28.9 Å². The predicted molar refractivity (Wildman–Crippen MR) is 135 cm³/mol. The molecule has 1 saturated heterocycles. The molecule has 1 aliphatic rings. The van der Waals surface area contributed by atoms with Crippen LogP contribution in [0.2, 0.25) is 0 Å². The quantitative estimate of drug-likeness (QED) is 0.502. The average molecular weight is 499 g/mol. The van der Waals surface area contributed by atoms with E-state index in [2.05, 4.69) is 29.4 Å². The van der Waals surface area contributed by atoms with Crippen molar-refractivity contribution < 1.29 is 13.2 Å². The summed E-state index contributed by atoms with van der Waals surface area (Å²) in [7, 11) is -3.59. The maximum atomic E-state index is 13.3. The number of nitrogens with zero attached hydrogens (tertiary/aromatic N) is 3. The Morgan fingerprint density at radius 3 is 2.59 bits per heavy atom. The predicted octanol–water partition coefficient (Wildman–Crippen LogP) is 4.87. The van der Waals surface area contributed by atoms with Crippen LogP contribution in [0, 0.1) is 12.8 Å². The Morgan fingerprint density at radius 2 is 1.88 bits per heavy atom. The molecular formula is C25H30N4O3S2. The van der Waals surface area contributed by atoms with Gasteiger partial charge in [-0.05, 0) is 61.4 Å². The van der Waals surface area contributed by atoms with E-state index in [0.717, 1.165) is 36.1 Å². The lowest BCUT2D eigenvalue weighted by Crippen LogP contribution is -2.39. The number of para-hydroxylation sites is 1. The lowest BCUT2D eigenvalue weighted by Gasteiger charge is -2.30. The highest BCUT2D eigenvalue weighted by molar-refractivity contribution is 7.89. The highest BCUT2D eigenvalue weighted by Crippen LogP contribution is 2.32. The van der Waals surface area contributed by atoms with E-state index < -0.39 is 10.0 Å². The molecule has 1 aliphatic heterocycles. The molecule has 0 saturated carbocycles. The van der Waals surface area contributed by atoms with Crippen LogP contribution in [0.3, 0.4) is 0 Å². The minimum atomic E-state index is -3.59. The van der Waals surface area contributed by atoms with Gasteiger partial charge >= 0.3 is 0 Å². The topological polar surface area (TPSA) is 92.3 Å². The van der Waals surface area contributed by atoms with Gasteiger partial charge in [-0.15, -0.1) is 10.2 Å². The molecule has 1 atom stereocenters. The van der Waals surface area contributed by atoms with Crippen LogP contribution >= 0.6 is 11.3 Å². The van der Waals surface area contributed by atoms with Gasteiger partial charge in [0.1, 0.15) is 5.01 Å². The number of piperidine rings is 1. The van der Waals surface area contributed by atoms with Crippen LogP contribution in [0.1, 0.15) is 58.5 Å². The van der Waals surface area contributed by atoms with Crippen molar-refractivity contribution >= 4 is 33.0 Å². The number of aromatic nitrogens is 2. The van der Waals surface area contributed by atoms with Crippen molar-refractivity contribution in [3.05, 3.63) is 69.7 Å². The fourth-order valence-corrected chi connectivity index (χ4v) is 6.55. The van der Waals surface area contributed by atoms with Gasteiger partial charge < -0.3 is 5.32 Å². The molecule has 1 amide bonds. The molecule has 3 aromatic rings. The third kappa shape index (κ3) is 5.54. The van der Waals surface area contributed by atoms with Crippen LogP contribution < -0.4 is 5.32 Å². The zero-order valence-corrected chi connectivity index (χ0v) is 21.3. The number of carbonyl (C=O) groups is 1. The van der Waals surface area contributed by atoms with E-state index in [4.69, 9.17) is 0 Å². The van der Waals surface area contributed by atoms with E-state index in [1.807, 2.05) is 43.3 Å². The smallest absolute Gasteiger partial charge is 0.286 e. The second-order valence-corrected chi connectivity index (χ2v) is 12.1. The number of hydrogen-bond acceptors (Lipinski definition) is 6. The summed E-state index contributed by atoms with van der Waals surface area (Å²) in [6.07, 6.45) is 2.47. The molecule has 0 aliphatic carbocycles.